The van der Waals surface area contributed by atoms with Crippen LogP contribution >= 0.6 is 0 Å². The normalized spacial score (nSPS) is 26.0. The maximum atomic E-state index is 9.76. The van der Waals surface area contributed by atoms with Gasteiger partial charge in [0.05, 0.1) is 0 Å². The van der Waals surface area contributed by atoms with Crippen LogP contribution in [0.15, 0.2) is 18.2 Å². The van der Waals surface area contributed by atoms with Crippen molar-refractivity contribution < 1.29 is 5.11 Å². The van der Waals surface area contributed by atoms with E-state index in [4.69, 9.17) is 0 Å². The van der Waals surface area contributed by atoms with Crippen LogP contribution in [-0.4, -0.2) is 5.11 Å². The van der Waals surface area contributed by atoms with Crippen LogP contribution in [0.2, 0.25) is 0 Å². The minimum Gasteiger partial charge on any atom is -0.508 e. The number of hydrogen-bond acceptors (Lipinski definition) is 1. The van der Waals surface area contributed by atoms with Crippen LogP contribution in [-0.2, 0) is 5.41 Å². The Balaban J connectivity index is 2.47. The third-order valence-corrected chi connectivity index (χ3v) is 5.05. The van der Waals surface area contributed by atoms with E-state index < -0.39 is 0 Å². The van der Waals surface area contributed by atoms with Crippen molar-refractivity contribution in [2.45, 2.75) is 66.2 Å². The first-order valence-corrected chi connectivity index (χ1v) is 7.38. The summed E-state index contributed by atoms with van der Waals surface area (Å²) in [5, 5.41) is 9.76. The summed E-state index contributed by atoms with van der Waals surface area (Å²) in [5.74, 6) is 0.409. The first-order chi connectivity index (χ1) is 8.57. The van der Waals surface area contributed by atoms with E-state index >= 15 is 0 Å². The Morgan fingerprint density at radius 1 is 1.16 bits per heavy atom. The molecule has 1 atom stereocenters. The first kappa shape index (κ1) is 14.4. The van der Waals surface area contributed by atoms with Crippen molar-refractivity contribution in [2.75, 3.05) is 0 Å². The Kier molecular flexibility index (Phi) is 3.24. The maximum absolute atomic E-state index is 9.76. The van der Waals surface area contributed by atoms with Crippen molar-refractivity contribution in [3.05, 3.63) is 29.3 Å². The van der Waals surface area contributed by atoms with E-state index in [1.165, 1.54) is 24.8 Å². The molecule has 1 saturated carbocycles. The number of aryl methyl sites for hydroxylation is 1. The summed E-state index contributed by atoms with van der Waals surface area (Å²) in [7, 11) is 0. The average Bonchev–Trinajstić information content (AvgIpc) is 2.27. The molecule has 0 spiro atoms. The molecule has 106 valence electrons. The maximum Gasteiger partial charge on any atom is 0.118 e. The summed E-state index contributed by atoms with van der Waals surface area (Å²) in [5.41, 5.74) is 3.35. The number of phenolic OH excluding ortho intramolecular Hbond substituents is 1. The van der Waals surface area contributed by atoms with Crippen molar-refractivity contribution in [3.63, 3.8) is 0 Å². The summed E-state index contributed by atoms with van der Waals surface area (Å²) in [4.78, 5) is 0. The van der Waals surface area contributed by atoms with Gasteiger partial charge in [-0.25, -0.2) is 0 Å². The molecule has 1 aliphatic carbocycles. The molecule has 1 heteroatoms. The molecule has 1 N–H and O–H groups in total. The Morgan fingerprint density at radius 3 is 2.16 bits per heavy atom. The molecule has 19 heavy (non-hydrogen) atoms. The van der Waals surface area contributed by atoms with Crippen LogP contribution in [0.3, 0.4) is 0 Å². The zero-order chi connectivity index (χ0) is 14.5. The molecular weight excluding hydrogens is 232 g/mol. The van der Waals surface area contributed by atoms with Gasteiger partial charge in [0.1, 0.15) is 5.75 Å². The lowest BCUT2D eigenvalue weighted by atomic mass is 9.45. The first-order valence-electron chi connectivity index (χ1n) is 7.38. The fourth-order valence-corrected chi connectivity index (χ4v) is 3.75. The highest BCUT2D eigenvalue weighted by molar-refractivity contribution is 5.41. The summed E-state index contributed by atoms with van der Waals surface area (Å²) in [6, 6.07) is 6.19. The van der Waals surface area contributed by atoms with Crippen molar-refractivity contribution in [3.8, 4) is 5.75 Å². The van der Waals surface area contributed by atoms with Gasteiger partial charge in [0.15, 0.2) is 0 Å². The Morgan fingerprint density at radius 2 is 1.79 bits per heavy atom. The van der Waals surface area contributed by atoms with Crippen LogP contribution < -0.4 is 0 Å². The minimum atomic E-state index is 0.268. The molecule has 0 radical (unpaired) electrons. The number of hydrogen-bond donors (Lipinski definition) is 1. The summed E-state index contributed by atoms with van der Waals surface area (Å²) < 4.78 is 0. The van der Waals surface area contributed by atoms with Gasteiger partial charge in [-0.05, 0) is 54.2 Å². The van der Waals surface area contributed by atoms with Gasteiger partial charge < -0.3 is 5.11 Å². The van der Waals surface area contributed by atoms with Crippen LogP contribution in [0.25, 0.3) is 0 Å². The molecule has 1 aromatic carbocycles. The second-order valence-corrected chi connectivity index (χ2v) is 8.20. The predicted molar refractivity (Wildman–Crippen MR) is 81.6 cm³/mol. The van der Waals surface area contributed by atoms with Crippen molar-refractivity contribution >= 4 is 0 Å². The van der Waals surface area contributed by atoms with Gasteiger partial charge in [-0.15, -0.1) is 0 Å². The number of phenols is 1. The van der Waals surface area contributed by atoms with E-state index in [-0.39, 0.29) is 5.41 Å². The molecule has 0 saturated heterocycles. The molecule has 2 rings (SSSR count). The highest BCUT2D eigenvalue weighted by Crippen LogP contribution is 2.62. The number of aromatic hydroxyl groups is 1. The molecule has 1 unspecified atom stereocenters. The smallest absolute Gasteiger partial charge is 0.118 e. The van der Waals surface area contributed by atoms with E-state index in [9.17, 15) is 5.11 Å². The minimum absolute atomic E-state index is 0.268. The molecule has 0 amide bonds. The zero-order valence-electron chi connectivity index (χ0n) is 13.3. The average molecular weight is 260 g/mol. The zero-order valence-corrected chi connectivity index (χ0v) is 13.3. The third-order valence-electron chi connectivity index (χ3n) is 5.05. The summed E-state index contributed by atoms with van der Waals surface area (Å²) in [6.45, 7) is 13.8. The van der Waals surface area contributed by atoms with Gasteiger partial charge in [0.2, 0.25) is 0 Å². The summed E-state index contributed by atoms with van der Waals surface area (Å²) in [6.07, 6.45) is 3.77. The van der Waals surface area contributed by atoms with E-state index in [0.29, 0.717) is 16.6 Å². The van der Waals surface area contributed by atoms with Crippen LogP contribution in [0.5, 0.6) is 5.75 Å². The largest absolute Gasteiger partial charge is 0.508 e. The Labute approximate surface area is 118 Å². The molecule has 1 aliphatic rings. The van der Waals surface area contributed by atoms with Gasteiger partial charge in [-0.1, -0.05) is 46.8 Å². The second-order valence-electron chi connectivity index (χ2n) is 8.20. The number of benzene rings is 1. The highest BCUT2D eigenvalue weighted by atomic mass is 16.3. The van der Waals surface area contributed by atoms with Gasteiger partial charge >= 0.3 is 0 Å². The molecule has 1 fully saturated rings. The Hall–Kier alpha value is -0.980. The number of rotatable bonds is 2. The van der Waals surface area contributed by atoms with Gasteiger partial charge in [0.25, 0.3) is 0 Å². The quantitative estimate of drug-likeness (QED) is 0.775. The van der Waals surface area contributed by atoms with Crippen LogP contribution in [0.4, 0.5) is 0 Å². The lowest BCUT2D eigenvalue weighted by Gasteiger charge is -2.59. The van der Waals surface area contributed by atoms with Gasteiger partial charge in [-0.2, -0.15) is 0 Å². The molecule has 0 aromatic heterocycles. The standard InChI is InChI=1S/C18H28O/c1-13-11-14(7-8-15(13)19)18(12-16(2,3)4)10-9-17(18,5)6/h7-8,11,19H,9-10,12H2,1-6H3. The molecule has 1 aromatic rings. The van der Waals surface area contributed by atoms with Crippen LogP contribution in [0.1, 0.15) is 65.0 Å². The van der Waals surface area contributed by atoms with E-state index in [0.717, 1.165) is 5.56 Å². The SMILES string of the molecule is Cc1cc(C2(CC(C)(C)C)CCC2(C)C)ccc1O. The van der Waals surface area contributed by atoms with Crippen molar-refractivity contribution in [2.24, 2.45) is 10.8 Å². The van der Waals surface area contributed by atoms with E-state index in [2.05, 4.69) is 46.8 Å². The predicted octanol–water partition coefficient (Wildman–Crippen LogP) is 5.19. The van der Waals surface area contributed by atoms with Crippen molar-refractivity contribution in [1.29, 1.82) is 0 Å². The summed E-state index contributed by atoms with van der Waals surface area (Å²) >= 11 is 0. The lowest BCUT2D eigenvalue weighted by molar-refractivity contribution is -0.00755. The topological polar surface area (TPSA) is 20.2 Å². The van der Waals surface area contributed by atoms with Gasteiger partial charge in [-0.3, -0.25) is 0 Å². The second kappa shape index (κ2) is 4.26. The molecule has 0 aliphatic heterocycles. The molecule has 0 heterocycles. The Bertz CT molecular complexity index is 479. The highest BCUT2D eigenvalue weighted by Gasteiger charge is 2.54. The fourth-order valence-electron chi connectivity index (χ4n) is 3.75. The molecule has 1 nitrogen and oxygen atoms in total. The van der Waals surface area contributed by atoms with Crippen LogP contribution in [0, 0.1) is 17.8 Å². The monoisotopic (exact) mass is 260 g/mol. The third kappa shape index (κ3) is 2.40. The van der Waals surface area contributed by atoms with E-state index in [1.807, 2.05) is 13.0 Å². The molecule has 0 bridgehead atoms. The molecular formula is C18H28O. The lowest BCUT2D eigenvalue weighted by Crippen LogP contribution is -2.53. The van der Waals surface area contributed by atoms with Crippen molar-refractivity contribution in [1.82, 2.24) is 0 Å². The fraction of sp³-hybridized carbons (Fsp3) is 0.667. The van der Waals surface area contributed by atoms with Gasteiger partial charge in [0, 0.05) is 5.41 Å². The van der Waals surface area contributed by atoms with E-state index in [1.54, 1.807) is 0 Å².